The van der Waals surface area contributed by atoms with E-state index in [1.807, 2.05) is 24.3 Å². The molecule has 4 heteroatoms. The number of aliphatic hydroxyl groups is 1. The highest BCUT2D eigenvalue weighted by molar-refractivity contribution is 5.96. The van der Waals surface area contributed by atoms with Gasteiger partial charge in [-0.05, 0) is 37.7 Å². The van der Waals surface area contributed by atoms with Crippen LogP contribution in [0, 0.1) is 5.92 Å². The van der Waals surface area contributed by atoms with Gasteiger partial charge in [0, 0.05) is 11.9 Å². The number of nitrogen functional groups attached to an aromatic ring is 1. The molecule has 20 heavy (non-hydrogen) atoms. The fourth-order valence-corrected chi connectivity index (χ4v) is 2.95. The van der Waals surface area contributed by atoms with Crippen LogP contribution in [0.3, 0.4) is 0 Å². The molecule has 1 aliphatic carbocycles. The van der Waals surface area contributed by atoms with Crippen LogP contribution in [0.15, 0.2) is 30.5 Å². The SMILES string of the molecule is Nc1cnc2ccccc2c1NCC1CCC(O)CC1. The van der Waals surface area contributed by atoms with Crippen molar-refractivity contribution in [3.8, 4) is 0 Å². The molecule has 1 fully saturated rings. The molecule has 0 spiro atoms. The summed E-state index contributed by atoms with van der Waals surface area (Å²) < 4.78 is 0. The molecule has 0 saturated heterocycles. The van der Waals surface area contributed by atoms with Gasteiger partial charge in [-0.15, -0.1) is 0 Å². The molecule has 106 valence electrons. The minimum absolute atomic E-state index is 0.0990. The van der Waals surface area contributed by atoms with Gasteiger partial charge in [-0.3, -0.25) is 4.98 Å². The predicted molar refractivity (Wildman–Crippen MR) is 82.6 cm³/mol. The second kappa shape index (κ2) is 5.67. The fourth-order valence-electron chi connectivity index (χ4n) is 2.95. The Balaban J connectivity index is 1.75. The number of pyridine rings is 1. The second-order valence-electron chi connectivity index (χ2n) is 5.66. The van der Waals surface area contributed by atoms with Crippen LogP contribution in [0.5, 0.6) is 0 Å². The van der Waals surface area contributed by atoms with Gasteiger partial charge in [-0.25, -0.2) is 0 Å². The molecule has 0 amide bonds. The zero-order valence-corrected chi connectivity index (χ0v) is 11.5. The molecule has 1 aromatic carbocycles. The summed E-state index contributed by atoms with van der Waals surface area (Å²) in [5.74, 6) is 0.615. The van der Waals surface area contributed by atoms with Crippen molar-refractivity contribution in [2.45, 2.75) is 31.8 Å². The molecule has 1 saturated carbocycles. The summed E-state index contributed by atoms with van der Waals surface area (Å²) in [7, 11) is 0. The molecule has 1 aliphatic rings. The summed E-state index contributed by atoms with van der Waals surface area (Å²) in [4.78, 5) is 4.35. The number of rotatable bonds is 3. The maximum absolute atomic E-state index is 9.55. The van der Waals surface area contributed by atoms with Gasteiger partial charge < -0.3 is 16.2 Å². The van der Waals surface area contributed by atoms with Crippen molar-refractivity contribution >= 4 is 22.3 Å². The Labute approximate surface area is 119 Å². The first kappa shape index (κ1) is 13.2. The number of nitrogens with two attached hydrogens (primary N) is 1. The minimum Gasteiger partial charge on any atom is -0.396 e. The van der Waals surface area contributed by atoms with E-state index >= 15 is 0 Å². The lowest BCUT2D eigenvalue weighted by molar-refractivity contribution is 0.111. The molecule has 1 aromatic heterocycles. The standard InChI is InChI=1S/C16H21N3O/c17-14-10-18-15-4-2-1-3-13(15)16(14)19-9-11-5-7-12(20)8-6-11/h1-4,10-12,20H,5-9,17H2,(H,18,19). The average molecular weight is 271 g/mol. The monoisotopic (exact) mass is 271 g/mol. The third-order valence-electron chi connectivity index (χ3n) is 4.19. The number of hydrogen-bond acceptors (Lipinski definition) is 4. The molecule has 0 aliphatic heterocycles. The van der Waals surface area contributed by atoms with Gasteiger partial charge in [-0.1, -0.05) is 18.2 Å². The lowest BCUT2D eigenvalue weighted by Crippen LogP contribution is -2.23. The van der Waals surface area contributed by atoms with Gasteiger partial charge in [0.1, 0.15) is 0 Å². The van der Waals surface area contributed by atoms with Crippen LogP contribution in [0.2, 0.25) is 0 Å². The summed E-state index contributed by atoms with van der Waals surface area (Å²) in [6.07, 6.45) is 5.61. The summed E-state index contributed by atoms with van der Waals surface area (Å²) in [6.45, 7) is 0.908. The van der Waals surface area contributed by atoms with Crippen LogP contribution in [-0.4, -0.2) is 22.7 Å². The van der Waals surface area contributed by atoms with E-state index in [1.54, 1.807) is 6.20 Å². The fraction of sp³-hybridized carbons (Fsp3) is 0.438. The van der Waals surface area contributed by atoms with Gasteiger partial charge >= 0.3 is 0 Å². The maximum Gasteiger partial charge on any atom is 0.0743 e. The molecule has 2 aromatic rings. The number of aromatic nitrogens is 1. The minimum atomic E-state index is -0.0990. The topological polar surface area (TPSA) is 71.2 Å². The number of nitrogens with zero attached hydrogens (tertiary/aromatic N) is 1. The van der Waals surface area contributed by atoms with Crippen molar-refractivity contribution in [1.82, 2.24) is 4.98 Å². The molecule has 1 heterocycles. The number of anilines is 2. The van der Waals surface area contributed by atoms with Gasteiger partial charge in [0.05, 0.1) is 29.2 Å². The first-order valence-electron chi connectivity index (χ1n) is 7.29. The molecule has 0 radical (unpaired) electrons. The van der Waals surface area contributed by atoms with Crippen molar-refractivity contribution in [1.29, 1.82) is 0 Å². The third kappa shape index (κ3) is 2.70. The van der Waals surface area contributed by atoms with E-state index in [9.17, 15) is 5.11 Å². The lowest BCUT2D eigenvalue weighted by Gasteiger charge is -2.26. The first-order valence-corrected chi connectivity index (χ1v) is 7.29. The number of hydrogen-bond donors (Lipinski definition) is 3. The first-order chi connectivity index (χ1) is 9.74. The van der Waals surface area contributed by atoms with E-state index < -0.39 is 0 Å². The average Bonchev–Trinajstić information content (AvgIpc) is 2.48. The molecule has 4 N–H and O–H groups in total. The maximum atomic E-state index is 9.55. The molecular formula is C16H21N3O. The summed E-state index contributed by atoms with van der Waals surface area (Å²) >= 11 is 0. The van der Waals surface area contributed by atoms with E-state index in [0.717, 1.165) is 48.8 Å². The van der Waals surface area contributed by atoms with Crippen LogP contribution in [0.25, 0.3) is 10.9 Å². The summed E-state index contributed by atoms with van der Waals surface area (Å²) in [6, 6.07) is 8.03. The third-order valence-corrected chi connectivity index (χ3v) is 4.19. The van der Waals surface area contributed by atoms with Crippen LogP contribution in [0.1, 0.15) is 25.7 Å². The number of fused-ring (bicyclic) bond motifs is 1. The van der Waals surface area contributed by atoms with E-state index in [2.05, 4.69) is 10.3 Å². The van der Waals surface area contributed by atoms with Crippen LogP contribution >= 0.6 is 0 Å². The number of para-hydroxylation sites is 1. The zero-order valence-electron chi connectivity index (χ0n) is 11.5. The number of benzene rings is 1. The van der Waals surface area contributed by atoms with Gasteiger partial charge in [-0.2, -0.15) is 0 Å². The Morgan fingerprint density at radius 1 is 1.20 bits per heavy atom. The van der Waals surface area contributed by atoms with Crippen LogP contribution in [0.4, 0.5) is 11.4 Å². The van der Waals surface area contributed by atoms with Crippen molar-refractivity contribution < 1.29 is 5.11 Å². The van der Waals surface area contributed by atoms with E-state index in [1.165, 1.54) is 0 Å². The summed E-state index contributed by atoms with van der Waals surface area (Å²) in [5, 5.41) is 14.1. The smallest absolute Gasteiger partial charge is 0.0743 e. The van der Waals surface area contributed by atoms with Crippen LogP contribution < -0.4 is 11.1 Å². The number of aliphatic hydroxyl groups excluding tert-OH is 1. The second-order valence-corrected chi connectivity index (χ2v) is 5.66. The van der Waals surface area contributed by atoms with Gasteiger partial charge in [0.2, 0.25) is 0 Å². The highest BCUT2D eigenvalue weighted by Gasteiger charge is 2.19. The predicted octanol–water partition coefficient (Wildman–Crippen LogP) is 2.78. The molecule has 4 nitrogen and oxygen atoms in total. The Morgan fingerprint density at radius 2 is 1.95 bits per heavy atom. The molecule has 3 rings (SSSR count). The molecule has 0 unspecified atom stereocenters. The van der Waals surface area contributed by atoms with E-state index in [-0.39, 0.29) is 6.10 Å². The van der Waals surface area contributed by atoms with E-state index in [4.69, 9.17) is 5.73 Å². The highest BCUT2D eigenvalue weighted by Crippen LogP contribution is 2.29. The molecule has 0 bridgehead atoms. The van der Waals surface area contributed by atoms with Crippen molar-refractivity contribution in [3.63, 3.8) is 0 Å². The van der Waals surface area contributed by atoms with E-state index in [0.29, 0.717) is 11.6 Å². The quantitative estimate of drug-likeness (QED) is 0.802. The van der Waals surface area contributed by atoms with Gasteiger partial charge in [0.25, 0.3) is 0 Å². The zero-order chi connectivity index (χ0) is 13.9. The van der Waals surface area contributed by atoms with Gasteiger partial charge in [0.15, 0.2) is 0 Å². The Hall–Kier alpha value is -1.81. The number of nitrogens with one attached hydrogen (secondary N) is 1. The normalized spacial score (nSPS) is 22.9. The van der Waals surface area contributed by atoms with Crippen molar-refractivity contribution in [2.75, 3.05) is 17.6 Å². The molecule has 0 atom stereocenters. The Kier molecular flexibility index (Phi) is 3.74. The van der Waals surface area contributed by atoms with Crippen molar-refractivity contribution in [2.24, 2.45) is 5.92 Å². The van der Waals surface area contributed by atoms with Crippen LogP contribution in [-0.2, 0) is 0 Å². The Bertz CT molecular complexity index is 591. The highest BCUT2D eigenvalue weighted by atomic mass is 16.3. The Morgan fingerprint density at radius 3 is 2.75 bits per heavy atom. The lowest BCUT2D eigenvalue weighted by atomic mass is 9.87. The van der Waals surface area contributed by atoms with Crippen molar-refractivity contribution in [3.05, 3.63) is 30.5 Å². The molecular weight excluding hydrogens is 250 g/mol. The summed E-state index contributed by atoms with van der Waals surface area (Å²) in [5.41, 5.74) is 8.70. The largest absolute Gasteiger partial charge is 0.396 e.